The van der Waals surface area contributed by atoms with E-state index in [2.05, 4.69) is 10.6 Å². The van der Waals surface area contributed by atoms with Crippen LogP contribution in [0.1, 0.15) is 47.0 Å². The van der Waals surface area contributed by atoms with E-state index < -0.39 is 48.1 Å². The van der Waals surface area contributed by atoms with Crippen molar-refractivity contribution in [1.29, 1.82) is 0 Å². The van der Waals surface area contributed by atoms with E-state index in [1.807, 2.05) is 13.8 Å². The van der Waals surface area contributed by atoms with Crippen LogP contribution in [-0.4, -0.2) is 79.9 Å². The molecule has 0 aromatic heterocycles. The zero-order valence-electron chi connectivity index (χ0n) is 25.1. The third-order valence-corrected chi connectivity index (χ3v) is 8.01. The molecule has 0 aromatic carbocycles. The summed E-state index contributed by atoms with van der Waals surface area (Å²) in [6.45, 7) is 7.81. The Morgan fingerprint density at radius 2 is 1.81 bits per heavy atom. The van der Waals surface area contributed by atoms with Gasteiger partial charge in [0.05, 0.1) is 17.9 Å². The Morgan fingerprint density at radius 1 is 1.12 bits per heavy atom. The monoisotopic (exact) mass is 585 g/mol. The van der Waals surface area contributed by atoms with E-state index in [-0.39, 0.29) is 35.4 Å². The molecule has 5 N–H and O–H groups in total. The normalized spacial score (nSPS) is 35.2. The summed E-state index contributed by atoms with van der Waals surface area (Å²) in [6.07, 6.45) is 4.85. The SMILES string of the molecule is CO[C@H]1/C=C\C=C(/C)C(=O)NC2=CC(=O)C(C3CCN3)=C(C[C@@H](C)C[C@H](OC)[C@H](O)[C@@H](C)/C=C(\C)[C@@H]1OC(N)=O)C2=O. The van der Waals surface area contributed by atoms with Crippen molar-refractivity contribution in [2.45, 2.75) is 77.4 Å². The molecule has 2 aliphatic heterocycles. The number of aliphatic hydroxyl groups excluding tert-OH is 1. The van der Waals surface area contributed by atoms with Crippen LogP contribution >= 0.6 is 0 Å². The third kappa shape index (κ3) is 7.91. The van der Waals surface area contributed by atoms with Gasteiger partial charge in [0, 0.05) is 49.0 Å². The Balaban J connectivity index is 2.07. The number of nitrogens with two attached hydrogens (primary N) is 1. The highest BCUT2D eigenvalue weighted by Gasteiger charge is 2.37. The number of allylic oxidation sites excluding steroid dienone is 4. The number of hydrogen-bond acceptors (Lipinski definition) is 9. The molecule has 0 spiro atoms. The molecule has 0 aromatic rings. The second kappa shape index (κ2) is 14.7. The average molecular weight is 586 g/mol. The minimum Gasteiger partial charge on any atom is -0.439 e. The van der Waals surface area contributed by atoms with Crippen LogP contribution in [-0.2, 0) is 28.6 Å². The quantitative estimate of drug-likeness (QED) is 0.286. The number of Topliss-reactive ketones (excluding diaryl/α,β-unsaturated/α-hetero) is 1. The van der Waals surface area contributed by atoms with Crippen LogP contribution in [0.15, 0.2) is 58.4 Å². The Morgan fingerprint density at radius 3 is 2.38 bits per heavy atom. The van der Waals surface area contributed by atoms with Gasteiger partial charge in [0.25, 0.3) is 5.91 Å². The van der Waals surface area contributed by atoms with Gasteiger partial charge in [0.1, 0.15) is 6.10 Å². The minimum atomic E-state index is -0.992. The lowest BCUT2D eigenvalue weighted by Gasteiger charge is -2.34. The largest absolute Gasteiger partial charge is 0.439 e. The summed E-state index contributed by atoms with van der Waals surface area (Å²) in [6, 6.07) is -0.216. The maximum atomic E-state index is 13.7. The number of amides is 2. The predicted octanol–water partition coefficient (Wildman–Crippen LogP) is 2.17. The lowest BCUT2D eigenvalue weighted by atomic mass is 9.79. The summed E-state index contributed by atoms with van der Waals surface area (Å²) >= 11 is 0. The zero-order valence-corrected chi connectivity index (χ0v) is 25.1. The second-order valence-electron chi connectivity index (χ2n) is 11.3. The molecule has 3 aliphatic rings. The van der Waals surface area contributed by atoms with Gasteiger partial charge in [-0.1, -0.05) is 38.2 Å². The summed E-state index contributed by atoms with van der Waals surface area (Å²) in [5.74, 6) is -1.83. The van der Waals surface area contributed by atoms with Crippen molar-refractivity contribution in [1.82, 2.24) is 10.6 Å². The number of nitrogens with one attached hydrogen (secondary N) is 2. The molecule has 11 heteroatoms. The molecular formula is C31H43N3O8. The number of carbonyl (C=O) groups is 4. The molecule has 11 nitrogen and oxygen atoms in total. The first-order valence-electron chi connectivity index (χ1n) is 14.2. The summed E-state index contributed by atoms with van der Waals surface area (Å²) < 4.78 is 16.6. The molecule has 230 valence electrons. The van der Waals surface area contributed by atoms with Crippen LogP contribution in [0, 0.1) is 11.8 Å². The van der Waals surface area contributed by atoms with Gasteiger partial charge in [-0.15, -0.1) is 0 Å². The number of hydrogen-bond donors (Lipinski definition) is 4. The van der Waals surface area contributed by atoms with E-state index >= 15 is 0 Å². The van der Waals surface area contributed by atoms with Gasteiger partial charge < -0.3 is 35.7 Å². The Labute approximate surface area is 246 Å². The zero-order chi connectivity index (χ0) is 31.1. The molecule has 42 heavy (non-hydrogen) atoms. The Bertz CT molecular complexity index is 1230. The van der Waals surface area contributed by atoms with Gasteiger partial charge in [-0.05, 0) is 51.1 Å². The molecule has 1 unspecified atom stereocenters. The molecule has 2 amide bonds. The van der Waals surface area contributed by atoms with Crippen LogP contribution in [0.25, 0.3) is 0 Å². The van der Waals surface area contributed by atoms with Crippen LogP contribution in [0.5, 0.6) is 0 Å². The van der Waals surface area contributed by atoms with Crippen molar-refractivity contribution in [3.05, 3.63) is 58.4 Å². The molecule has 1 saturated heterocycles. The van der Waals surface area contributed by atoms with Crippen molar-refractivity contribution in [2.75, 3.05) is 20.8 Å². The van der Waals surface area contributed by atoms with Gasteiger partial charge in [0.2, 0.25) is 5.78 Å². The van der Waals surface area contributed by atoms with Crippen molar-refractivity contribution < 1.29 is 38.5 Å². The fourth-order valence-electron chi connectivity index (χ4n) is 5.52. The fraction of sp³-hybridized carbons (Fsp3) is 0.548. The first-order chi connectivity index (χ1) is 19.9. The highest BCUT2D eigenvalue weighted by atomic mass is 16.6. The van der Waals surface area contributed by atoms with Crippen molar-refractivity contribution in [3.63, 3.8) is 0 Å². The van der Waals surface area contributed by atoms with Crippen LogP contribution in [0.4, 0.5) is 4.79 Å². The second-order valence-corrected chi connectivity index (χ2v) is 11.3. The Kier molecular flexibility index (Phi) is 11.6. The van der Waals surface area contributed by atoms with E-state index in [0.29, 0.717) is 23.1 Å². The smallest absolute Gasteiger partial charge is 0.405 e. The molecule has 1 aliphatic carbocycles. The molecular weight excluding hydrogens is 542 g/mol. The Hall–Kier alpha value is -3.38. The standard InChI is InChI=1S/C31H43N3O8/c1-16-12-20-26(21-10-11-33-21)23(35)15-22(28(20)37)34-30(38)17(2)8-7-9-24(40-5)29(42-31(32)39)19(4)14-18(3)27(36)25(13-16)41-6/h7-9,14-16,18,21,24-25,27,29,33,36H,10-13H2,1-6H3,(H2,32,39)(H,34,38)/b9-7-,17-8+,19-14+/t16-,18+,21?,24+,25+,27-,29+/m1/s1. The summed E-state index contributed by atoms with van der Waals surface area (Å²) in [4.78, 5) is 51.6. The van der Waals surface area contributed by atoms with E-state index in [1.165, 1.54) is 26.4 Å². The molecule has 1 fully saturated rings. The molecule has 2 bridgehead atoms. The lowest BCUT2D eigenvalue weighted by Crippen LogP contribution is -2.48. The number of methoxy groups -OCH3 is 2. The molecule has 0 radical (unpaired) electrons. The fourth-order valence-corrected chi connectivity index (χ4v) is 5.52. The topological polar surface area (TPSA) is 166 Å². The number of primary amides is 1. The van der Waals surface area contributed by atoms with Crippen molar-refractivity contribution in [3.8, 4) is 0 Å². The highest BCUT2D eigenvalue weighted by molar-refractivity contribution is 6.24. The minimum absolute atomic E-state index is 0.0774. The average Bonchev–Trinajstić information content (AvgIpc) is 2.90. The van der Waals surface area contributed by atoms with Crippen molar-refractivity contribution in [2.24, 2.45) is 17.6 Å². The van der Waals surface area contributed by atoms with Crippen LogP contribution < -0.4 is 16.4 Å². The number of ether oxygens (including phenoxy) is 3. The van der Waals surface area contributed by atoms with E-state index in [0.717, 1.165) is 13.0 Å². The maximum Gasteiger partial charge on any atom is 0.405 e. The highest BCUT2D eigenvalue weighted by Crippen LogP contribution is 2.32. The van der Waals surface area contributed by atoms with Gasteiger partial charge in [-0.3, -0.25) is 14.4 Å². The van der Waals surface area contributed by atoms with E-state index in [1.54, 1.807) is 32.1 Å². The number of rotatable bonds is 4. The van der Waals surface area contributed by atoms with Crippen LogP contribution in [0.3, 0.4) is 0 Å². The number of ketones is 2. The number of aliphatic hydroxyl groups is 1. The number of fused-ring (bicyclic) bond motifs is 2. The summed E-state index contributed by atoms with van der Waals surface area (Å²) in [7, 11) is 2.95. The first-order valence-corrected chi connectivity index (χ1v) is 14.2. The summed E-state index contributed by atoms with van der Waals surface area (Å²) in [5.41, 5.74) is 6.94. The van der Waals surface area contributed by atoms with E-state index in [4.69, 9.17) is 19.9 Å². The molecule has 7 atom stereocenters. The first kappa shape index (κ1) is 33.1. The molecule has 3 rings (SSSR count). The lowest BCUT2D eigenvalue weighted by molar-refractivity contribution is -0.120. The van der Waals surface area contributed by atoms with Gasteiger partial charge in [-0.2, -0.15) is 0 Å². The maximum absolute atomic E-state index is 13.7. The summed E-state index contributed by atoms with van der Waals surface area (Å²) in [5, 5.41) is 17.1. The molecule has 0 saturated carbocycles. The number of carbonyl (C=O) groups excluding carboxylic acids is 4. The van der Waals surface area contributed by atoms with Gasteiger partial charge in [-0.25, -0.2) is 4.79 Å². The van der Waals surface area contributed by atoms with Gasteiger partial charge >= 0.3 is 6.09 Å². The third-order valence-electron chi connectivity index (χ3n) is 8.01. The van der Waals surface area contributed by atoms with Gasteiger partial charge in [0.15, 0.2) is 11.9 Å². The van der Waals surface area contributed by atoms with Crippen molar-refractivity contribution >= 4 is 23.6 Å². The molecule has 2 heterocycles. The van der Waals surface area contributed by atoms with E-state index in [9.17, 15) is 24.3 Å². The predicted molar refractivity (Wildman–Crippen MR) is 156 cm³/mol. The van der Waals surface area contributed by atoms with Crippen LogP contribution in [0.2, 0.25) is 0 Å².